The van der Waals surface area contributed by atoms with Gasteiger partial charge < -0.3 is 10.5 Å². The number of carbonyl (C=O) groups excluding carboxylic acids is 1. The summed E-state index contributed by atoms with van der Waals surface area (Å²) in [5.41, 5.74) is 12.0. The Morgan fingerprint density at radius 3 is 2.23 bits per heavy atom. The van der Waals surface area contributed by atoms with Gasteiger partial charge >= 0.3 is 6.09 Å². The molecule has 0 saturated carbocycles. The van der Waals surface area contributed by atoms with Crippen LogP contribution in [0.2, 0.25) is 0 Å². The lowest BCUT2D eigenvalue weighted by atomic mass is 9.97. The summed E-state index contributed by atoms with van der Waals surface area (Å²) in [6.07, 6.45) is 1.39. The fraction of sp³-hybridized carbons (Fsp3) is 0.259. The number of benzene rings is 2. The molecule has 0 unspecified atom stereocenters. The van der Waals surface area contributed by atoms with E-state index in [0.29, 0.717) is 23.2 Å². The number of aryl methyl sites for hydroxylation is 3. The maximum Gasteiger partial charge on any atom is 0.409 e. The fourth-order valence-electron chi connectivity index (χ4n) is 4.27. The Morgan fingerprint density at radius 1 is 1.03 bits per heavy atom. The van der Waals surface area contributed by atoms with Gasteiger partial charge in [0.15, 0.2) is 0 Å². The van der Waals surface area contributed by atoms with Crippen molar-refractivity contribution in [2.45, 2.75) is 51.9 Å². The monoisotopic (exact) mass is 491 g/mol. The van der Waals surface area contributed by atoms with Gasteiger partial charge in [-0.25, -0.2) is 17.2 Å². The van der Waals surface area contributed by atoms with Crippen molar-refractivity contribution in [3.05, 3.63) is 88.2 Å². The van der Waals surface area contributed by atoms with Crippen LogP contribution in [0.15, 0.2) is 59.6 Å². The van der Waals surface area contributed by atoms with Gasteiger partial charge in [0.2, 0.25) is 0 Å². The minimum atomic E-state index is -3.77. The molecule has 0 fully saturated rings. The van der Waals surface area contributed by atoms with Crippen LogP contribution in [0.3, 0.4) is 0 Å². The highest BCUT2D eigenvalue weighted by Crippen LogP contribution is 2.31. The van der Waals surface area contributed by atoms with Gasteiger partial charge in [-0.3, -0.25) is 4.98 Å². The zero-order valence-corrected chi connectivity index (χ0v) is 21.3. The second kappa shape index (κ2) is 9.19. The van der Waals surface area contributed by atoms with Crippen LogP contribution < -0.4 is 10.5 Å². The Labute approximate surface area is 205 Å². The van der Waals surface area contributed by atoms with Crippen molar-refractivity contribution in [3.8, 4) is 5.75 Å². The zero-order chi connectivity index (χ0) is 25.5. The molecule has 0 spiro atoms. The smallest absolute Gasteiger partial charge is 0.409 e. The summed E-state index contributed by atoms with van der Waals surface area (Å²) in [7, 11) is -3.77. The summed E-state index contributed by atoms with van der Waals surface area (Å²) >= 11 is 0. The van der Waals surface area contributed by atoms with Crippen molar-refractivity contribution in [2.75, 3.05) is 0 Å². The Hall–Kier alpha value is -3.65. The number of rotatable bonds is 6. The highest BCUT2D eigenvalue weighted by atomic mass is 32.2. The molecule has 0 aliphatic carbocycles. The average Bonchev–Trinajstić information content (AvgIpc) is 3.16. The molecule has 0 saturated heterocycles. The molecule has 2 N–H and O–H groups in total. The van der Waals surface area contributed by atoms with Crippen LogP contribution in [-0.4, -0.2) is 23.5 Å². The van der Waals surface area contributed by atoms with E-state index in [1.807, 2.05) is 46.8 Å². The molecule has 4 rings (SSSR count). The predicted molar refractivity (Wildman–Crippen MR) is 137 cm³/mol. The summed E-state index contributed by atoms with van der Waals surface area (Å²) < 4.78 is 33.3. The molecular formula is C27H29N3O4S. The van der Waals surface area contributed by atoms with E-state index in [2.05, 4.69) is 0 Å². The minimum Gasteiger partial charge on any atom is -0.410 e. The van der Waals surface area contributed by atoms with Gasteiger partial charge in [0.05, 0.1) is 15.9 Å². The van der Waals surface area contributed by atoms with Crippen LogP contribution >= 0.6 is 0 Å². The molecule has 0 radical (unpaired) electrons. The number of carbonyl (C=O) groups is 1. The van der Waals surface area contributed by atoms with Gasteiger partial charge in [-0.15, -0.1) is 0 Å². The first-order chi connectivity index (χ1) is 16.5. The van der Waals surface area contributed by atoms with Gasteiger partial charge in [0.1, 0.15) is 5.75 Å². The highest BCUT2D eigenvalue weighted by molar-refractivity contribution is 7.90. The van der Waals surface area contributed by atoms with Crippen molar-refractivity contribution >= 4 is 27.1 Å². The van der Waals surface area contributed by atoms with E-state index >= 15 is 0 Å². The minimum absolute atomic E-state index is 0.0865. The van der Waals surface area contributed by atoms with Crippen LogP contribution in [0.1, 0.15) is 53.3 Å². The number of amides is 1. The Balaban J connectivity index is 1.78. The lowest BCUT2D eigenvalue weighted by Gasteiger charge is -2.13. The predicted octanol–water partition coefficient (Wildman–Crippen LogP) is 5.37. The van der Waals surface area contributed by atoms with Crippen LogP contribution in [0.4, 0.5) is 4.79 Å². The topological polar surface area (TPSA) is 104 Å². The first-order valence-electron chi connectivity index (χ1n) is 11.4. The van der Waals surface area contributed by atoms with Crippen molar-refractivity contribution in [2.24, 2.45) is 5.73 Å². The first-order valence-corrected chi connectivity index (χ1v) is 12.8. The van der Waals surface area contributed by atoms with E-state index < -0.39 is 16.1 Å². The Morgan fingerprint density at radius 2 is 1.66 bits per heavy atom. The van der Waals surface area contributed by atoms with Gasteiger partial charge in [-0.1, -0.05) is 31.5 Å². The number of pyridine rings is 1. The molecule has 0 bridgehead atoms. The summed E-state index contributed by atoms with van der Waals surface area (Å²) in [6, 6.07) is 14.1. The van der Waals surface area contributed by atoms with Crippen LogP contribution in [0.25, 0.3) is 11.0 Å². The van der Waals surface area contributed by atoms with Gasteiger partial charge in [0.25, 0.3) is 10.0 Å². The standard InChI is InChI=1S/C27H29N3O4S/c1-16(2)24-15-30(35(32,33)22-9-6-17(3)7-10-22)25-11-8-20(29-26(24)25)14-23-18(4)12-21(13-19(23)5)34-27(28)31/h6-13,15-16H,14H2,1-5H3,(H2,28,31). The third-order valence-electron chi connectivity index (χ3n) is 6.14. The SMILES string of the molecule is Cc1ccc(S(=O)(=O)n2cc(C(C)C)c3nc(Cc4c(C)cc(OC(N)=O)cc4C)ccc32)cc1. The number of fused-ring (bicyclic) bond motifs is 1. The lowest BCUT2D eigenvalue weighted by molar-refractivity contribution is 0.211. The molecule has 2 heterocycles. The molecule has 2 aromatic carbocycles. The van der Waals surface area contributed by atoms with E-state index in [0.717, 1.165) is 33.5 Å². The van der Waals surface area contributed by atoms with Crippen molar-refractivity contribution in [1.29, 1.82) is 0 Å². The largest absolute Gasteiger partial charge is 0.410 e. The summed E-state index contributed by atoms with van der Waals surface area (Å²) in [5.74, 6) is 0.489. The number of hydrogen-bond donors (Lipinski definition) is 1. The molecule has 35 heavy (non-hydrogen) atoms. The van der Waals surface area contributed by atoms with Crippen LogP contribution in [-0.2, 0) is 16.4 Å². The molecule has 182 valence electrons. The third kappa shape index (κ3) is 4.79. The number of ether oxygens (including phenoxy) is 1. The van der Waals surface area contributed by atoms with Crippen LogP contribution in [0, 0.1) is 20.8 Å². The normalized spacial score (nSPS) is 11.8. The van der Waals surface area contributed by atoms with Crippen molar-refractivity contribution in [1.82, 2.24) is 8.96 Å². The Bertz CT molecular complexity index is 1510. The van der Waals surface area contributed by atoms with E-state index in [1.54, 1.807) is 42.6 Å². The quantitative estimate of drug-likeness (QED) is 0.390. The fourth-order valence-corrected chi connectivity index (χ4v) is 5.64. The number of nitrogens with two attached hydrogens (primary N) is 1. The molecule has 0 aliphatic rings. The van der Waals surface area contributed by atoms with E-state index in [1.165, 1.54) is 3.97 Å². The zero-order valence-electron chi connectivity index (χ0n) is 20.5. The average molecular weight is 492 g/mol. The van der Waals surface area contributed by atoms with Gasteiger partial charge in [0, 0.05) is 18.3 Å². The summed E-state index contributed by atoms with van der Waals surface area (Å²) in [4.78, 5) is 16.2. The Kier molecular flexibility index (Phi) is 6.42. The molecular weight excluding hydrogens is 462 g/mol. The number of hydrogen-bond acceptors (Lipinski definition) is 5. The highest BCUT2D eigenvalue weighted by Gasteiger charge is 2.23. The number of primary amides is 1. The molecule has 8 heteroatoms. The number of aromatic nitrogens is 2. The summed E-state index contributed by atoms with van der Waals surface area (Å²) in [6.45, 7) is 9.86. The lowest BCUT2D eigenvalue weighted by Crippen LogP contribution is -2.16. The van der Waals surface area contributed by atoms with E-state index in [9.17, 15) is 13.2 Å². The second-order valence-electron chi connectivity index (χ2n) is 9.16. The van der Waals surface area contributed by atoms with Crippen LogP contribution in [0.5, 0.6) is 5.75 Å². The summed E-state index contributed by atoms with van der Waals surface area (Å²) in [5, 5.41) is 0. The van der Waals surface area contributed by atoms with Gasteiger partial charge in [-0.05, 0) is 85.3 Å². The third-order valence-corrected chi connectivity index (χ3v) is 7.83. The molecule has 0 atom stereocenters. The second-order valence-corrected chi connectivity index (χ2v) is 11.0. The van der Waals surface area contributed by atoms with Gasteiger partial charge in [-0.2, -0.15) is 0 Å². The first kappa shape index (κ1) is 24.5. The molecule has 0 aliphatic heterocycles. The maximum absolute atomic E-state index is 13.5. The molecule has 7 nitrogen and oxygen atoms in total. The molecule has 2 aromatic heterocycles. The van der Waals surface area contributed by atoms with E-state index in [4.69, 9.17) is 15.5 Å². The number of nitrogens with zero attached hydrogens (tertiary/aromatic N) is 2. The van der Waals surface area contributed by atoms with E-state index in [-0.39, 0.29) is 10.8 Å². The molecule has 4 aromatic rings. The van der Waals surface area contributed by atoms with Crippen molar-refractivity contribution < 1.29 is 17.9 Å². The molecule has 1 amide bonds. The maximum atomic E-state index is 13.5. The van der Waals surface area contributed by atoms with Crippen molar-refractivity contribution in [3.63, 3.8) is 0 Å².